The molecule has 2 aromatic carbocycles. The Kier molecular flexibility index (Phi) is 6.77. The van der Waals surface area contributed by atoms with Crippen LogP contribution in [-0.2, 0) is 4.79 Å². The number of hydrogen-bond donors (Lipinski definition) is 1. The van der Waals surface area contributed by atoms with E-state index in [4.69, 9.17) is 4.74 Å². The number of anilines is 1. The molecule has 0 spiro atoms. The van der Waals surface area contributed by atoms with Crippen LogP contribution >= 0.6 is 0 Å². The lowest BCUT2D eigenvalue weighted by molar-refractivity contribution is -0.138. The lowest BCUT2D eigenvalue weighted by Crippen LogP contribution is -2.38. The summed E-state index contributed by atoms with van der Waals surface area (Å²) in [6.07, 6.45) is 7.38. The normalized spacial score (nSPS) is 18.5. The highest BCUT2D eigenvalue weighted by molar-refractivity contribution is 6.10. The number of carboxylic acid groups (broad SMARTS) is 1. The molecule has 6 heteroatoms. The van der Waals surface area contributed by atoms with Crippen LogP contribution in [-0.4, -0.2) is 43.3 Å². The Labute approximate surface area is 199 Å². The summed E-state index contributed by atoms with van der Waals surface area (Å²) in [5.74, 6) is -0.872. The number of para-hydroxylation sites is 2. The zero-order chi connectivity index (χ0) is 24.1. The number of rotatable bonds is 10. The lowest BCUT2D eigenvalue weighted by Gasteiger charge is -2.36. The first kappa shape index (κ1) is 23.2. The molecule has 1 N–H and O–H groups in total. The van der Waals surface area contributed by atoms with Gasteiger partial charge in [0.2, 0.25) is 0 Å². The van der Waals surface area contributed by atoms with Crippen LogP contribution in [0.3, 0.4) is 0 Å². The van der Waals surface area contributed by atoms with Crippen molar-refractivity contribution in [3.8, 4) is 5.75 Å². The maximum atomic E-state index is 14.0. The Morgan fingerprint density at radius 2 is 1.76 bits per heavy atom. The van der Waals surface area contributed by atoms with E-state index < -0.39 is 11.4 Å². The first-order valence-corrected chi connectivity index (χ1v) is 11.3. The third kappa shape index (κ3) is 4.44. The van der Waals surface area contributed by atoms with E-state index in [0.29, 0.717) is 34.8 Å². The van der Waals surface area contributed by atoms with E-state index in [1.165, 1.54) is 0 Å². The Balaban J connectivity index is 1.54. The molecule has 0 fully saturated rings. The van der Waals surface area contributed by atoms with Crippen molar-refractivity contribution in [2.45, 2.75) is 19.8 Å². The molecule has 1 aliphatic heterocycles. The number of fused-ring (bicyclic) bond motifs is 1. The van der Waals surface area contributed by atoms with Crippen molar-refractivity contribution >= 4 is 23.7 Å². The number of Topliss-reactive ketones (excluding diaryl/α,β-unsaturated/α-hetero) is 1. The standard InChI is InChI=1S/C28H28N2O4/c1-20-13-14-24-23(15-16-29-24)28(20,19-26(31)32)27(33)22-11-6-7-12-25(22)34-18-8-17-30(2)21-9-4-3-5-10-21/h3-7,9-16H,8,17-19H2,1-2H3,(H,31,32). The van der Waals surface area contributed by atoms with Crippen LogP contribution in [0.5, 0.6) is 5.75 Å². The number of carboxylic acids is 1. The van der Waals surface area contributed by atoms with Gasteiger partial charge in [-0.15, -0.1) is 0 Å². The minimum atomic E-state index is -1.32. The molecule has 0 aromatic heterocycles. The third-order valence-corrected chi connectivity index (χ3v) is 6.38. The Bertz CT molecular complexity index is 1210. The van der Waals surface area contributed by atoms with Gasteiger partial charge in [-0.3, -0.25) is 14.6 Å². The van der Waals surface area contributed by atoms with Gasteiger partial charge in [-0.2, -0.15) is 0 Å². The molecular weight excluding hydrogens is 428 g/mol. The molecular formula is C28H28N2O4. The predicted octanol–water partition coefficient (Wildman–Crippen LogP) is 5.09. The van der Waals surface area contributed by atoms with E-state index in [1.807, 2.05) is 37.4 Å². The number of ether oxygens (including phenoxy) is 1. The summed E-state index contributed by atoms with van der Waals surface area (Å²) in [5, 5.41) is 9.75. The van der Waals surface area contributed by atoms with Gasteiger partial charge >= 0.3 is 5.97 Å². The smallest absolute Gasteiger partial charge is 0.305 e. The van der Waals surface area contributed by atoms with Gasteiger partial charge < -0.3 is 14.7 Å². The molecule has 1 unspecified atom stereocenters. The highest BCUT2D eigenvalue weighted by atomic mass is 16.5. The van der Waals surface area contributed by atoms with E-state index in [9.17, 15) is 14.7 Å². The molecule has 2 aromatic rings. The fourth-order valence-electron chi connectivity index (χ4n) is 4.55. The van der Waals surface area contributed by atoms with Gasteiger partial charge in [0.1, 0.15) is 5.75 Å². The number of allylic oxidation sites excluding steroid dienone is 5. The van der Waals surface area contributed by atoms with Gasteiger partial charge in [-0.25, -0.2) is 0 Å². The number of benzene rings is 2. The molecule has 6 nitrogen and oxygen atoms in total. The number of nitrogens with zero attached hydrogens (tertiary/aromatic N) is 2. The van der Waals surface area contributed by atoms with E-state index in [2.05, 4.69) is 22.0 Å². The van der Waals surface area contributed by atoms with Crippen LogP contribution < -0.4 is 9.64 Å². The monoisotopic (exact) mass is 456 g/mol. The molecule has 0 saturated carbocycles. The van der Waals surface area contributed by atoms with Crippen molar-refractivity contribution in [2.24, 2.45) is 10.4 Å². The zero-order valence-corrected chi connectivity index (χ0v) is 19.4. The number of carbonyl (C=O) groups is 2. The van der Waals surface area contributed by atoms with Crippen molar-refractivity contribution in [1.29, 1.82) is 0 Å². The second kappa shape index (κ2) is 9.91. The van der Waals surface area contributed by atoms with E-state index in [1.54, 1.807) is 43.5 Å². The number of carbonyl (C=O) groups excluding carboxylic acids is 1. The highest BCUT2D eigenvalue weighted by Gasteiger charge is 2.49. The van der Waals surface area contributed by atoms with Gasteiger partial charge in [0, 0.05) is 25.5 Å². The van der Waals surface area contributed by atoms with Crippen LogP contribution in [0.4, 0.5) is 5.69 Å². The largest absolute Gasteiger partial charge is 0.493 e. The molecule has 0 radical (unpaired) electrons. The van der Waals surface area contributed by atoms with Gasteiger partial charge in [0.15, 0.2) is 5.78 Å². The number of aliphatic carboxylic acids is 1. The van der Waals surface area contributed by atoms with Crippen molar-refractivity contribution in [1.82, 2.24) is 0 Å². The second-order valence-electron chi connectivity index (χ2n) is 8.52. The van der Waals surface area contributed by atoms with Crippen LogP contribution in [0, 0.1) is 5.41 Å². The number of hydrogen-bond acceptors (Lipinski definition) is 5. The molecule has 1 aliphatic carbocycles. The summed E-state index contributed by atoms with van der Waals surface area (Å²) >= 11 is 0. The van der Waals surface area contributed by atoms with Crippen LogP contribution in [0.25, 0.3) is 0 Å². The van der Waals surface area contributed by atoms with Crippen LogP contribution in [0.1, 0.15) is 30.1 Å². The fraction of sp³-hybridized carbons (Fsp3) is 0.250. The number of ketones is 1. The zero-order valence-electron chi connectivity index (χ0n) is 19.4. The average molecular weight is 457 g/mol. The molecule has 2 aliphatic rings. The van der Waals surface area contributed by atoms with E-state index in [-0.39, 0.29) is 12.2 Å². The summed E-state index contributed by atoms with van der Waals surface area (Å²) in [4.78, 5) is 32.4. The molecule has 0 bridgehead atoms. The maximum Gasteiger partial charge on any atom is 0.305 e. The van der Waals surface area contributed by atoms with Gasteiger partial charge in [-0.05, 0) is 55.3 Å². The summed E-state index contributed by atoms with van der Waals surface area (Å²) in [7, 11) is 2.03. The molecule has 174 valence electrons. The van der Waals surface area contributed by atoms with Crippen molar-refractivity contribution in [2.75, 3.05) is 25.1 Å². The van der Waals surface area contributed by atoms with Gasteiger partial charge in [0.25, 0.3) is 0 Å². The molecule has 0 saturated heterocycles. The Morgan fingerprint density at radius 3 is 2.53 bits per heavy atom. The van der Waals surface area contributed by atoms with Crippen LogP contribution in [0.2, 0.25) is 0 Å². The number of aliphatic imine (C=N–C) groups is 1. The first-order chi connectivity index (χ1) is 16.4. The lowest BCUT2D eigenvalue weighted by atomic mass is 9.64. The SMILES string of the molecule is CC1=CC=C2N=CC=C2C1(CC(=O)O)C(=O)c1ccccc1OCCCN(C)c1ccccc1. The topological polar surface area (TPSA) is 79.2 Å². The maximum absolute atomic E-state index is 14.0. The third-order valence-electron chi connectivity index (χ3n) is 6.38. The predicted molar refractivity (Wildman–Crippen MR) is 134 cm³/mol. The second-order valence-corrected chi connectivity index (χ2v) is 8.52. The average Bonchev–Trinajstić information content (AvgIpc) is 3.33. The Morgan fingerprint density at radius 1 is 1.03 bits per heavy atom. The minimum absolute atomic E-state index is 0.289. The van der Waals surface area contributed by atoms with Gasteiger partial charge in [0.05, 0.1) is 29.7 Å². The summed E-state index contributed by atoms with van der Waals surface area (Å²) < 4.78 is 6.05. The summed E-state index contributed by atoms with van der Waals surface area (Å²) in [6, 6.07) is 17.2. The highest BCUT2D eigenvalue weighted by Crippen LogP contribution is 2.49. The first-order valence-electron chi connectivity index (χ1n) is 11.3. The quantitative estimate of drug-likeness (QED) is 0.398. The van der Waals surface area contributed by atoms with Crippen LogP contribution in [0.15, 0.2) is 94.7 Å². The van der Waals surface area contributed by atoms with E-state index in [0.717, 1.165) is 18.7 Å². The summed E-state index contributed by atoms with van der Waals surface area (Å²) in [5.41, 5.74) is 2.12. The molecule has 0 amide bonds. The van der Waals surface area contributed by atoms with Crippen molar-refractivity contribution in [3.63, 3.8) is 0 Å². The molecule has 34 heavy (non-hydrogen) atoms. The summed E-state index contributed by atoms with van der Waals surface area (Å²) in [6.45, 7) is 3.03. The minimum Gasteiger partial charge on any atom is -0.493 e. The van der Waals surface area contributed by atoms with E-state index >= 15 is 0 Å². The molecule has 1 atom stereocenters. The van der Waals surface area contributed by atoms with Gasteiger partial charge in [-0.1, -0.05) is 42.0 Å². The fourth-order valence-corrected chi connectivity index (χ4v) is 4.55. The molecule has 1 heterocycles. The Hall–Kier alpha value is -3.93. The molecule has 4 rings (SSSR count). The van der Waals surface area contributed by atoms with Crippen molar-refractivity contribution in [3.05, 3.63) is 95.2 Å². The van der Waals surface area contributed by atoms with Crippen molar-refractivity contribution < 1.29 is 19.4 Å².